The Morgan fingerprint density at radius 3 is 3.00 bits per heavy atom. The summed E-state index contributed by atoms with van der Waals surface area (Å²) in [5.41, 5.74) is 1.06. The Balaban J connectivity index is 1.98. The van der Waals surface area contributed by atoms with Crippen molar-refractivity contribution >= 4 is 0 Å². The number of ether oxygens (including phenoxy) is 1. The summed E-state index contributed by atoms with van der Waals surface area (Å²) in [6.45, 7) is 1.03. The summed E-state index contributed by atoms with van der Waals surface area (Å²) < 4.78 is 29.7. The lowest BCUT2D eigenvalue weighted by Gasteiger charge is -2.04. The van der Waals surface area contributed by atoms with Gasteiger partial charge in [0, 0.05) is 31.9 Å². The van der Waals surface area contributed by atoms with Crippen molar-refractivity contribution in [3.63, 3.8) is 0 Å². The summed E-state index contributed by atoms with van der Waals surface area (Å²) in [4.78, 5) is 0. The highest BCUT2D eigenvalue weighted by atomic mass is 19.3. The SMILES string of the molecule is Cn1cc(CNCCOCC(F)F)cn1. The van der Waals surface area contributed by atoms with Gasteiger partial charge < -0.3 is 10.1 Å². The molecule has 0 radical (unpaired) electrons. The van der Waals surface area contributed by atoms with Crippen molar-refractivity contribution in [1.82, 2.24) is 15.1 Å². The summed E-state index contributed by atoms with van der Waals surface area (Å²) in [5, 5.41) is 7.07. The Kier molecular flexibility index (Phi) is 5.20. The highest BCUT2D eigenvalue weighted by Gasteiger charge is 2.00. The van der Waals surface area contributed by atoms with Gasteiger partial charge in [0.15, 0.2) is 0 Å². The fourth-order valence-electron chi connectivity index (χ4n) is 1.11. The van der Waals surface area contributed by atoms with E-state index in [9.17, 15) is 8.78 Å². The minimum absolute atomic E-state index is 0.296. The van der Waals surface area contributed by atoms with E-state index in [4.69, 9.17) is 4.74 Å². The van der Waals surface area contributed by atoms with Crippen LogP contribution in [0.3, 0.4) is 0 Å². The maximum absolute atomic E-state index is 11.7. The van der Waals surface area contributed by atoms with Crippen LogP contribution in [-0.2, 0) is 18.3 Å². The maximum Gasteiger partial charge on any atom is 0.261 e. The second-order valence-electron chi connectivity index (χ2n) is 3.17. The van der Waals surface area contributed by atoms with E-state index in [0.717, 1.165) is 5.56 Å². The predicted molar refractivity (Wildman–Crippen MR) is 51.7 cm³/mol. The van der Waals surface area contributed by atoms with Crippen molar-refractivity contribution in [2.45, 2.75) is 13.0 Å². The molecule has 0 spiro atoms. The quantitative estimate of drug-likeness (QED) is 0.689. The van der Waals surface area contributed by atoms with Gasteiger partial charge in [0.25, 0.3) is 6.43 Å². The number of alkyl halides is 2. The van der Waals surface area contributed by atoms with E-state index >= 15 is 0 Å². The molecule has 0 bridgehead atoms. The zero-order chi connectivity index (χ0) is 11.1. The first-order valence-corrected chi connectivity index (χ1v) is 4.72. The van der Waals surface area contributed by atoms with Gasteiger partial charge in [-0.3, -0.25) is 4.68 Å². The first-order valence-electron chi connectivity index (χ1n) is 4.72. The van der Waals surface area contributed by atoms with E-state index in [2.05, 4.69) is 10.4 Å². The lowest BCUT2D eigenvalue weighted by atomic mass is 10.3. The molecule has 15 heavy (non-hydrogen) atoms. The zero-order valence-electron chi connectivity index (χ0n) is 8.62. The topological polar surface area (TPSA) is 39.1 Å². The molecule has 86 valence electrons. The first-order chi connectivity index (χ1) is 7.18. The van der Waals surface area contributed by atoms with Crippen molar-refractivity contribution in [3.05, 3.63) is 18.0 Å². The Labute approximate surface area is 87.2 Å². The van der Waals surface area contributed by atoms with Gasteiger partial charge in [0.2, 0.25) is 0 Å². The molecular formula is C9H15F2N3O. The largest absolute Gasteiger partial charge is 0.374 e. The van der Waals surface area contributed by atoms with E-state index in [-0.39, 0.29) is 0 Å². The molecule has 0 aromatic carbocycles. The number of halogens is 2. The average molecular weight is 219 g/mol. The van der Waals surface area contributed by atoms with E-state index in [0.29, 0.717) is 19.7 Å². The molecule has 1 aromatic rings. The number of aryl methyl sites for hydroxylation is 1. The molecule has 0 aliphatic rings. The second kappa shape index (κ2) is 6.47. The number of rotatable bonds is 7. The Morgan fingerprint density at radius 2 is 2.40 bits per heavy atom. The fraction of sp³-hybridized carbons (Fsp3) is 0.667. The molecule has 6 heteroatoms. The van der Waals surface area contributed by atoms with Gasteiger partial charge in [0.1, 0.15) is 6.61 Å². The minimum Gasteiger partial charge on any atom is -0.374 e. The van der Waals surface area contributed by atoms with Gasteiger partial charge in [-0.2, -0.15) is 5.10 Å². The van der Waals surface area contributed by atoms with Crippen molar-refractivity contribution in [3.8, 4) is 0 Å². The summed E-state index contributed by atoms with van der Waals surface area (Å²) in [6.07, 6.45) is 1.27. The molecule has 1 N–H and O–H groups in total. The summed E-state index contributed by atoms with van der Waals surface area (Å²) in [7, 11) is 1.84. The highest BCUT2D eigenvalue weighted by Crippen LogP contribution is 1.94. The van der Waals surface area contributed by atoms with Crippen LogP contribution in [0.25, 0.3) is 0 Å². The van der Waals surface area contributed by atoms with E-state index < -0.39 is 13.0 Å². The van der Waals surface area contributed by atoms with E-state index in [1.54, 1.807) is 10.9 Å². The highest BCUT2D eigenvalue weighted by molar-refractivity contribution is 5.02. The van der Waals surface area contributed by atoms with Crippen LogP contribution in [0, 0.1) is 0 Å². The molecule has 0 atom stereocenters. The Morgan fingerprint density at radius 1 is 1.60 bits per heavy atom. The molecule has 0 amide bonds. The van der Waals surface area contributed by atoms with Gasteiger partial charge in [-0.05, 0) is 0 Å². The van der Waals surface area contributed by atoms with E-state index in [1.165, 1.54) is 0 Å². The molecule has 0 aliphatic carbocycles. The number of hydrogen-bond acceptors (Lipinski definition) is 3. The van der Waals surface area contributed by atoms with E-state index in [1.807, 2.05) is 13.2 Å². The molecule has 0 fully saturated rings. The fourth-order valence-corrected chi connectivity index (χ4v) is 1.11. The minimum atomic E-state index is -2.39. The zero-order valence-corrected chi connectivity index (χ0v) is 8.62. The normalized spacial score (nSPS) is 11.2. The molecule has 0 unspecified atom stereocenters. The molecule has 1 rings (SSSR count). The number of nitrogens with zero attached hydrogens (tertiary/aromatic N) is 2. The van der Waals surface area contributed by atoms with Crippen molar-refractivity contribution < 1.29 is 13.5 Å². The third-order valence-electron chi connectivity index (χ3n) is 1.75. The van der Waals surface area contributed by atoms with Gasteiger partial charge in [-0.25, -0.2) is 8.78 Å². The number of hydrogen-bond donors (Lipinski definition) is 1. The summed E-state index contributed by atoms with van der Waals surface area (Å²) in [5.74, 6) is 0. The molecule has 0 saturated heterocycles. The second-order valence-corrected chi connectivity index (χ2v) is 3.17. The van der Waals surface area contributed by atoms with Gasteiger partial charge in [0.05, 0.1) is 12.8 Å². The van der Waals surface area contributed by atoms with Crippen molar-refractivity contribution in [2.75, 3.05) is 19.8 Å². The molecule has 4 nitrogen and oxygen atoms in total. The molecule has 1 heterocycles. The van der Waals surface area contributed by atoms with Crippen LogP contribution in [-0.4, -0.2) is 36.0 Å². The van der Waals surface area contributed by atoms with Crippen LogP contribution >= 0.6 is 0 Å². The van der Waals surface area contributed by atoms with Crippen LogP contribution in [0.1, 0.15) is 5.56 Å². The molecular weight excluding hydrogens is 204 g/mol. The van der Waals surface area contributed by atoms with Crippen LogP contribution in [0.2, 0.25) is 0 Å². The molecule has 0 saturated carbocycles. The van der Waals surface area contributed by atoms with Crippen LogP contribution < -0.4 is 5.32 Å². The Bertz CT molecular complexity index is 278. The average Bonchev–Trinajstić information content (AvgIpc) is 2.57. The van der Waals surface area contributed by atoms with Crippen LogP contribution in [0.5, 0.6) is 0 Å². The summed E-state index contributed by atoms with van der Waals surface area (Å²) >= 11 is 0. The lowest BCUT2D eigenvalue weighted by molar-refractivity contribution is 0.0187. The van der Waals surface area contributed by atoms with Crippen LogP contribution in [0.15, 0.2) is 12.4 Å². The van der Waals surface area contributed by atoms with Gasteiger partial charge in [-0.15, -0.1) is 0 Å². The Hall–Kier alpha value is -1.01. The summed E-state index contributed by atoms with van der Waals surface area (Å²) in [6, 6.07) is 0. The molecule has 0 aliphatic heterocycles. The monoisotopic (exact) mass is 219 g/mol. The van der Waals surface area contributed by atoms with Crippen molar-refractivity contribution in [2.24, 2.45) is 7.05 Å². The number of nitrogens with one attached hydrogen (secondary N) is 1. The third-order valence-corrected chi connectivity index (χ3v) is 1.75. The predicted octanol–water partition coefficient (Wildman–Crippen LogP) is 0.791. The van der Waals surface area contributed by atoms with Gasteiger partial charge >= 0.3 is 0 Å². The smallest absolute Gasteiger partial charge is 0.261 e. The first kappa shape index (κ1) is 12.1. The third kappa shape index (κ3) is 5.44. The standard InChI is InChI=1S/C9H15F2N3O/c1-14-6-8(5-13-14)4-12-2-3-15-7-9(10)11/h5-6,9,12H,2-4,7H2,1H3. The van der Waals surface area contributed by atoms with Gasteiger partial charge in [-0.1, -0.05) is 0 Å². The molecule has 1 aromatic heterocycles. The van der Waals surface area contributed by atoms with Crippen LogP contribution in [0.4, 0.5) is 8.78 Å². The number of aromatic nitrogens is 2. The maximum atomic E-state index is 11.7. The van der Waals surface area contributed by atoms with Crippen molar-refractivity contribution in [1.29, 1.82) is 0 Å². The lowest BCUT2D eigenvalue weighted by Crippen LogP contribution is -2.20.